The van der Waals surface area contributed by atoms with Gasteiger partial charge in [-0.25, -0.2) is 21.6 Å². The Bertz CT molecular complexity index is 611. The Balaban J connectivity index is 3.09. The van der Waals surface area contributed by atoms with Crippen LogP contribution < -0.4 is 0 Å². The maximum atomic E-state index is 13.4. The van der Waals surface area contributed by atoms with E-state index < -0.39 is 38.8 Å². The summed E-state index contributed by atoms with van der Waals surface area (Å²) in [6.07, 6.45) is 0. The normalized spacial score (nSPS) is 11.6. The van der Waals surface area contributed by atoms with Gasteiger partial charge in [-0.2, -0.15) is 9.57 Å². The van der Waals surface area contributed by atoms with Crippen LogP contribution in [0.5, 0.6) is 0 Å². The molecule has 0 amide bonds. The van der Waals surface area contributed by atoms with Crippen LogP contribution in [0.2, 0.25) is 0 Å². The largest absolute Gasteiger partial charge is 0.219 e. The van der Waals surface area contributed by atoms with E-state index in [9.17, 15) is 21.6 Å². The number of halogens is 3. The van der Waals surface area contributed by atoms with Gasteiger partial charge in [0.25, 0.3) is 0 Å². The zero-order valence-corrected chi connectivity index (χ0v) is 10.8. The second-order valence-corrected chi connectivity index (χ2v) is 5.64. The quantitative estimate of drug-likeness (QED) is 0.614. The lowest BCUT2D eigenvalue weighted by molar-refractivity contribution is 0.438. The average molecular weight is 292 g/mol. The van der Waals surface area contributed by atoms with Gasteiger partial charge >= 0.3 is 0 Å². The second kappa shape index (κ2) is 6.04. The number of hydrogen-bond acceptors (Lipinski definition) is 3. The molecule has 0 N–H and O–H groups in total. The fraction of sp³-hybridized carbons (Fsp3) is 0.364. The van der Waals surface area contributed by atoms with Crippen LogP contribution >= 0.6 is 0 Å². The molecule has 0 unspecified atom stereocenters. The lowest BCUT2D eigenvalue weighted by atomic mass is 10.2. The van der Waals surface area contributed by atoms with E-state index in [1.807, 2.05) is 0 Å². The minimum Gasteiger partial charge on any atom is -0.212 e. The van der Waals surface area contributed by atoms with Crippen LogP contribution in [-0.4, -0.2) is 25.8 Å². The van der Waals surface area contributed by atoms with Gasteiger partial charge in [0, 0.05) is 12.1 Å². The molecule has 0 aromatic heterocycles. The first-order valence-corrected chi connectivity index (χ1v) is 6.91. The van der Waals surface area contributed by atoms with Crippen molar-refractivity contribution in [3.63, 3.8) is 0 Å². The molecule has 0 spiro atoms. The zero-order chi connectivity index (χ0) is 14.6. The third-order valence-electron chi connectivity index (χ3n) is 2.45. The second-order valence-electron chi connectivity index (χ2n) is 3.67. The van der Waals surface area contributed by atoms with E-state index in [0.29, 0.717) is 6.07 Å². The van der Waals surface area contributed by atoms with Crippen LogP contribution in [0.4, 0.5) is 13.2 Å². The molecule has 0 heterocycles. The Kier molecular flexibility index (Phi) is 4.91. The number of nitrogens with zero attached hydrogens (tertiary/aromatic N) is 2. The molecule has 1 aromatic rings. The summed E-state index contributed by atoms with van der Waals surface area (Å²) >= 11 is 0. The van der Waals surface area contributed by atoms with Crippen molar-refractivity contribution in [3.8, 4) is 6.07 Å². The summed E-state index contributed by atoms with van der Waals surface area (Å²) in [5.74, 6) is -5.46. The zero-order valence-electron chi connectivity index (χ0n) is 10.0. The molecule has 19 heavy (non-hydrogen) atoms. The van der Waals surface area contributed by atoms with Gasteiger partial charge in [-0.1, -0.05) is 13.0 Å². The summed E-state index contributed by atoms with van der Waals surface area (Å²) in [5.41, 5.74) is -0.477. The van der Waals surface area contributed by atoms with Crippen molar-refractivity contribution < 1.29 is 21.6 Å². The monoisotopic (exact) mass is 292 g/mol. The molecular weight excluding hydrogens is 281 g/mol. The van der Waals surface area contributed by atoms with Gasteiger partial charge in [-0.3, -0.25) is 0 Å². The Morgan fingerprint density at radius 2 is 1.89 bits per heavy atom. The Morgan fingerprint density at radius 1 is 1.26 bits per heavy atom. The summed E-state index contributed by atoms with van der Waals surface area (Å²) < 4.78 is 63.6. The summed E-state index contributed by atoms with van der Waals surface area (Å²) in [6, 6.07) is 3.19. The van der Waals surface area contributed by atoms with Crippen LogP contribution in [-0.2, 0) is 15.8 Å². The molecule has 0 aliphatic heterocycles. The Hall–Kier alpha value is -1.59. The smallest absolute Gasteiger partial charge is 0.212 e. The van der Waals surface area contributed by atoms with Crippen molar-refractivity contribution in [1.82, 2.24) is 4.31 Å². The standard InChI is InChI=1S/C11H11F3N2O2S/c1-2-16(6-5-15)19(17,18)7-8-3-4-9(12)11(14)10(8)13/h3-4H,2,6-7H2,1H3. The SMILES string of the molecule is CCN(CC#N)S(=O)(=O)Cc1ccc(F)c(F)c1F. The van der Waals surface area contributed by atoms with Crippen LogP contribution in [0, 0.1) is 28.8 Å². The van der Waals surface area contributed by atoms with Crippen LogP contribution in [0.25, 0.3) is 0 Å². The predicted octanol–water partition coefficient (Wildman–Crippen LogP) is 1.78. The van der Waals surface area contributed by atoms with Gasteiger partial charge in [-0.15, -0.1) is 0 Å². The first kappa shape index (κ1) is 15.5. The Labute approximate surface area is 109 Å². The molecule has 4 nitrogen and oxygen atoms in total. The molecule has 0 saturated carbocycles. The molecule has 0 bridgehead atoms. The third-order valence-corrected chi connectivity index (χ3v) is 4.30. The van der Waals surface area contributed by atoms with E-state index in [1.54, 1.807) is 6.07 Å². The average Bonchev–Trinajstić information content (AvgIpc) is 2.36. The molecule has 104 valence electrons. The molecule has 0 radical (unpaired) electrons. The lowest BCUT2D eigenvalue weighted by Crippen LogP contribution is -2.32. The summed E-state index contributed by atoms with van der Waals surface area (Å²) in [6.45, 7) is 1.15. The third kappa shape index (κ3) is 3.45. The molecule has 0 saturated heterocycles. The maximum absolute atomic E-state index is 13.4. The molecule has 0 aliphatic rings. The highest BCUT2D eigenvalue weighted by Crippen LogP contribution is 2.18. The van der Waals surface area contributed by atoms with Gasteiger partial charge in [0.2, 0.25) is 10.0 Å². The van der Waals surface area contributed by atoms with Gasteiger partial charge in [0.1, 0.15) is 6.54 Å². The van der Waals surface area contributed by atoms with Crippen molar-refractivity contribution in [3.05, 3.63) is 35.1 Å². The van der Waals surface area contributed by atoms with E-state index in [-0.39, 0.29) is 13.1 Å². The van der Waals surface area contributed by atoms with E-state index in [1.165, 1.54) is 6.92 Å². The van der Waals surface area contributed by atoms with Gasteiger partial charge < -0.3 is 0 Å². The predicted molar refractivity (Wildman–Crippen MR) is 61.8 cm³/mol. The molecule has 1 rings (SSSR count). The molecule has 0 atom stereocenters. The van der Waals surface area contributed by atoms with E-state index in [0.717, 1.165) is 10.4 Å². The number of benzene rings is 1. The van der Waals surface area contributed by atoms with Crippen LogP contribution in [0.3, 0.4) is 0 Å². The van der Waals surface area contributed by atoms with Crippen molar-refractivity contribution >= 4 is 10.0 Å². The van der Waals surface area contributed by atoms with Crippen molar-refractivity contribution in [2.24, 2.45) is 0 Å². The Morgan fingerprint density at radius 3 is 2.42 bits per heavy atom. The highest BCUT2D eigenvalue weighted by molar-refractivity contribution is 7.88. The summed E-state index contributed by atoms with van der Waals surface area (Å²) in [5, 5.41) is 8.49. The van der Waals surface area contributed by atoms with E-state index >= 15 is 0 Å². The minimum atomic E-state index is -3.96. The van der Waals surface area contributed by atoms with Gasteiger partial charge in [0.05, 0.1) is 11.8 Å². The number of rotatable bonds is 5. The molecule has 0 fully saturated rings. The number of sulfonamides is 1. The first-order chi connectivity index (χ1) is 8.83. The highest BCUT2D eigenvalue weighted by Gasteiger charge is 2.24. The lowest BCUT2D eigenvalue weighted by Gasteiger charge is -2.17. The summed E-state index contributed by atoms with van der Waals surface area (Å²) in [4.78, 5) is 0. The molecule has 1 aromatic carbocycles. The van der Waals surface area contributed by atoms with Gasteiger partial charge in [0.15, 0.2) is 17.5 Å². The van der Waals surface area contributed by atoms with Crippen LogP contribution in [0.1, 0.15) is 12.5 Å². The fourth-order valence-electron chi connectivity index (χ4n) is 1.45. The number of nitriles is 1. The van der Waals surface area contributed by atoms with Crippen molar-refractivity contribution in [2.75, 3.05) is 13.1 Å². The topological polar surface area (TPSA) is 61.2 Å². The minimum absolute atomic E-state index is 0.0290. The fourth-order valence-corrected chi connectivity index (χ4v) is 2.90. The van der Waals surface area contributed by atoms with E-state index in [2.05, 4.69) is 0 Å². The van der Waals surface area contributed by atoms with E-state index in [4.69, 9.17) is 5.26 Å². The van der Waals surface area contributed by atoms with Crippen LogP contribution in [0.15, 0.2) is 12.1 Å². The maximum Gasteiger partial charge on any atom is 0.219 e. The van der Waals surface area contributed by atoms with Gasteiger partial charge in [-0.05, 0) is 6.07 Å². The highest BCUT2D eigenvalue weighted by atomic mass is 32.2. The summed E-state index contributed by atoms with van der Waals surface area (Å²) in [7, 11) is -3.96. The van der Waals surface area contributed by atoms with Crippen molar-refractivity contribution in [1.29, 1.82) is 5.26 Å². The first-order valence-electron chi connectivity index (χ1n) is 5.30. The number of hydrogen-bond donors (Lipinski definition) is 0. The van der Waals surface area contributed by atoms with Crippen molar-refractivity contribution in [2.45, 2.75) is 12.7 Å². The molecular formula is C11H11F3N2O2S. The molecule has 0 aliphatic carbocycles. The molecule has 8 heteroatoms.